The molecule has 2 N–H and O–H groups in total. The van der Waals surface area contributed by atoms with E-state index in [4.69, 9.17) is 4.74 Å². The second kappa shape index (κ2) is 8.82. The highest BCUT2D eigenvalue weighted by atomic mass is 32.2. The summed E-state index contributed by atoms with van der Waals surface area (Å²) in [5.41, 5.74) is 4.23. The molecule has 0 saturated carbocycles. The van der Waals surface area contributed by atoms with E-state index in [-0.39, 0.29) is 11.5 Å². The zero-order valence-corrected chi connectivity index (χ0v) is 16.0. The molecule has 0 unspecified atom stereocenters. The summed E-state index contributed by atoms with van der Waals surface area (Å²) in [4.78, 5) is 14.0. The van der Waals surface area contributed by atoms with Gasteiger partial charge in [0.25, 0.3) is 15.9 Å². The Labute approximate surface area is 154 Å². The van der Waals surface area contributed by atoms with Gasteiger partial charge in [0.05, 0.1) is 4.90 Å². The quantitative estimate of drug-likeness (QED) is 0.694. The summed E-state index contributed by atoms with van der Waals surface area (Å²) < 4.78 is 29.8. The van der Waals surface area contributed by atoms with Gasteiger partial charge in [-0.3, -0.25) is 10.2 Å². The number of hydrogen-bond acceptors (Lipinski definition) is 4. The Balaban J connectivity index is 1.89. The van der Waals surface area contributed by atoms with Gasteiger partial charge in [-0.2, -0.15) is 0 Å². The van der Waals surface area contributed by atoms with E-state index < -0.39 is 15.9 Å². The van der Waals surface area contributed by atoms with Crippen LogP contribution in [0.25, 0.3) is 0 Å². The topological polar surface area (TPSA) is 84.5 Å². The molecule has 0 fully saturated rings. The maximum Gasteiger partial charge on any atom is 0.272 e. The number of amides is 1. The number of carbonyl (C=O) groups excluding carboxylic acids is 1. The molecule has 0 radical (unpaired) electrons. The van der Waals surface area contributed by atoms with E-state index in [1.165, 1.54) is 12.1 Å². The van der Waals surface area contributed by atoms with Crippen LogP contribution in [0.4, 0.5) is 0 Å². The molecule has 0 spiro atoms. The third kappa shape index (κ3) is 5.57. The van der Waals surface area contributed by atoms with Crippen LogP contribution in [0.1, 0.15) is 37.3 Å². The molecule has 6 nitrogen and oxygen atoms in total. The van der Waals surface area contributed by atoms with Crippen LogP contribution in [-0.2, 0) is 14.8 Å². The van der Waals surface area contributed by atoms with Crippen LogP contribution in [-0.4, -0.2) is 20.9 Å². The van der Waals surface area contributed by atoms with Crippen molar-refractivity contribution < 1.29 is 17.9 Å². The van der Waals surface area contributed by atoms with Crippen LogP contribution in [0, 0.1) is 6.92 Å². The van der Waals surface area contributed by atoms with Crippen LogP contribution in [0.5, 0.6) is 5.75 Å². The number of carbonyl (C=O) groups is 1. The first kappa shape index (κ1) is 19.9. The van der Waals surface area contributed by atoms with E-state index in [0.717, 1.165) is 17.5 Å². The highest BCUT2D eigenvalue weighted by Gasteiger charge is 2.16. The number of aryl methyl sites for hydroxylation is 1. The largest absolute Gasteiger partial charge is 0.484 e. The monoisotopic (exact) mass is 376 g/mol. The lowest BCUT2D eigenvalue weighted by Gasteiger charge is -2.12. The summed E-state index contributed by atoms with van der Waals surface area (Å²) in [6.07, 6.45) is 0.974. The van der Waals surface area contributed by atoms with Crippen molar-refractivity contribution in [2.45, 2.75) is 38.0 Å². The molecule has 0 bridgehead atoms. The van der Waals surface area contributed by atoms with E-state index in [1.54, 1.807) is 24.3 Å². The Hall–Kier alpha value is -2.38. The van der Waals surface area contributed by atoms with E-state index in [1.807, 2.05) is 19.1 Å². The molecular weight excluding hydrogens is 352 g/mol. The van der Waals surface area contributed by atoms with Gasteiger partial charge in [0.2, 0.25) is 0 Å². The van der Waals surface area contributed by atoms with Crippen molar-refractivity contribution in [2.24, 2.45) is 0 Å². The van der Waals surface area contributed by atoms with E-state index in [2.05, 4.69) is 24.1 Å². The molecular formula is C19H24N2O4S. The van der Waals surface area contributed by atoms with Crippen molar-refractivity contribution in [3.05, 3.63) is 59.7 Å². The van der Waals surface area contributed by atoms with Gasteiger partial charge in [-0.05, 0) is 54.7 Å². The summed E-state index contributed by atoms with van der Waals surface area (Å²) in [6, 6.07) is 13.9. The van der Waals surface area contributed by atoms with Gasteiger partial charge >= 0.3 is 0 Å². The third-order valence-electron chi connectivity index (χ3n) is 4.06. The number of nitrogens with one attached hydrogen (secondary N) is 2. The van der Waals surface area contributed by atoms with Gasteiger partial charge in [-0.15, -0.1) is 4.83 Å². The SMILES string of the molecule is CC[C@@H](C)c1ccc(S(=O)(=O)NNC(=O)COc2cccc(C)c2)cc1. The number of hydrazine groups is 1. The lowest BCUT2D eigenvalue weighted by molar-refractivity contribution is -0.123. The maximum atomic E-state index is 12.2. The lowest BCUT2D eigenvalue weighted by atomic mass is 9.99. The molecule has 0 saturated heterocycles. The van der Waals surface area contributed by atoms with Gasteiger partial charge in [0.1, 0.15) is 5.75 Å². The van der Waals surface area contributed by atoms with Crippen molar-refractivity contribution in [2.75, 3.05) is 6.61 Å². The fourth-order valence-electron chi connectivity index (χ4n) is 2.28. The molecule has 2 aromatic rings. The predicted molar refractivity (Wildman–Crippen MR) is 100 cm³/mol. The molecule has 140 valence electrons. The Kier molecular flexibility index (Phi) is 6.76. The standard InChI is InChI=1S/C19H24N2O4S/c1-4-15(3)16-8-10-18(11-9-16)26(23,24)21-20-19(22)13-25-17-7-5-6-14(2)12-17/h5-12,15,21H,4,13H2,1-3H3,(H,20,22)/t15-/m1/s1. The summed E-state index contributed by atoms with van der Waals surface area (Å²) in [5.74, 6) is 0.313. The third-order valence-corrected chi connectivity index (χ3v) is 5.32. The molecule has 0 aliphatic carbocycles. The van der Waals surface area contributed by atoms with Gasteiger partial charge < -0.3 is 4.74 Å². The Morgan fingerprint density at radius 3 is 2.46 bits per heavy atom. The van der Waals surface area contributed by atoms with Crippen molar-refractivity contribution in [1.82, 2.24) is 10.3 Å². The number of ether oxygens (including phenoxy) is 1. The summed E-state index contributed by atoms with van der Waals surface area (Å²) >= 11 is 0. The van der Waals surface area contributed by atoms with Crippen LogP contribution in [0.2, 0.25) is 0 Å². The first-order chi connectivity index (χ1) is 12.3. The predicted octanol–water partition coefficient (Wildman–Crippen LogP) is 2.90. The molecule has 1 amide bonds. The van der Waals surface area contributed by atoms with Crippen LogP contribution in [0.3, 0.4) is 0 Å². The number of sulfonamides is 1. The minimum absolute atomic E-state index is 0.0875. The summed E-state index contributed by atoms with van der Waals surface area (Å²) in [6.45, 7) is 5.77. The zero-order valence-electron chi connectivity index (χ0n) is 15.2. The van der Waals surface area contributed by atoms with Crippen molar-refractivity contribution >= 4 is 15.9 Å². The highest BCUT2D eigenvalue weighted by molar-refractivity contribution is 7.89. The first-order valence-electron chi connectivity index (χ1n) is 8.42. The molecule has 0 aromatic heterocycles. The second-order valence-corrected chi connectivity index (χ2v) is 7.82. The molecule has 0 heterocycles. The van der Waals surface area contributed by atoms with Gasteiger partial charge in [0.15, 0.2) is 6.61 Å². The minimum atomic E-state index is -3.83. The Morgan fingerprint density at radius 2 is 1.85 bits per heavy atom. The molecule has 7 heteroatoms. The summed E-state index contributed by atoms with van der Waals surface area (Å²) in [5, 5.41) is 0. The molecule has 2 rings (SSSR count). The molecule has 0 aliphatic rings. The molecule has 26 heavy (non-hydrogen) atoms. The smallest absolute Gasteiger partial charge is 0.272 e. The van der Waals surface area contributed by atoms with Gasteiger partial charge in [0, 0.05) is 0 Å². The van der Waals surface area contributed by atoms with E-state index in [0.29, 0.717) is 11.7 Å². The van der Waals surface area contributed by atoms with E-state index in [9.17, 15) is 13.2 Å². The van der Waals surface area contributed by atoms with E-state index >= 15 is 0 Å². The Bertz CT molecular complexity index is 848. The average molecular weight is 376 g/mol. The molecule has 2 aromatic carbocycles. The Morgan fingerprint density at radius 1 is 1.15 bits per heavy atom. The van der Waals surface area contributed by atoms with Gasteiger partial charge in [-0.1, -0.05) is 38.1 Å². The fraction of sp³-hybridized carbons (Fsp3) is 0.316. The molecule has 1 atom stereocenters. The molecule has 0 aliphatic heterocycles. The van der Waals surface area contributed by atoms with Crippen molar-refractivity contribution in [3.63, 3.8) is 0 Å². The fourth-order valence-corrected chi connectivity index (χ4v) is 3.14. The number of hydrogen-bond donors (Lipinski definition) is 2. The van der Waals surface area contributed by atoms with Crippen molar-refractivity contribution in [1.29, 1.82) is 0 Å². The lowest BCUT2D eigenvalue weighted by Crippen LogP contribution is -2.43. The van der Waals surface area contributed by atoms with Gasteiger partial charge in [-0.25, -0.2) is 8.42 Å². The highest BCUT2D eigenvalue weighted by Crippen LogP contribution is 2.20. The maximum absolute atomic E-state index is 12.2. The zero-order chi connectivity index (χ0) is 19.2. The first-order valence-corrected chi connectivity index (χ1v) is 9.90. The van der Waals surface area contributed by atoms with Crippen LogP contribution in [0.15, 0.2) is 53.4 Å². The number of benzene rings is 2. The average Bonchev–Trinajstić information content (AvgIpc) is 2.64. The minimum Gasteiger partial charge on any atom is -0.484 e. The normalized spacial score (nSPS) is 12.4. The number of rotatable bonds is 8. The van der Waals surface area contributed by atoms with Crippen LogP contribution < -0.4 is 15.0 Å². The van der Waals surface area contributed by atoms with Crippen molar-refractivity contribution in [3.8, 4) is 5.75 Å². The van der Waals surface area contributed by atoms with Crippen LogP contribution >= 0.6 is 0 Å². The second-order valence-electron chi connectivity index (χ2n) is 6.14. The summed E-state index contributed by atoms with van der Waals surface area (Å²) in [7, 11) is -3.83.